The summed E-state index contributed by atoms with van der Waals surface area (Å²) in [7, 11) is 0. The predicted octanol–water partition coefficient (Wildman–Crippen LogP) is 2.54. The minimum atomic E-state index is -0.875. The van der Waals surface area contributed by atoms with Gasteiger partial charge in [0.2, 0.25) is 0 Å². The first-order chi connectivity index (χ1) is 13.2. The molecule has 1 heterocycles. The first-order valence-corrected chi connectivity index (χ1v) is 11.2. The van der Waals surface area contributed by atoms with Crippen LogP contribution >= 0.6 is 0 Å². The maximum atomic E-state index is 12.2. The van der Waals surface area contributed by atoms with Gasteiger partial charge in [-0.25, -0.2) is 4.79 Å². The van der Waals surface area contributed by atoms with E-state index in [4.69, 9.17) is 10.5 Å². The summed E-state index contributed by atoms with van der Waals surface area (Å²) >= 11 is 0. The van der Waals surface area contributed by atoms with Gasteiger partial charge in [0.25, 0.3) is 0 Å². The second-order valence-corrected chi connectivity index (χ2v) is 10.9. The molecular formula is C23H35NO4. The van der Waals surface area contributed by atoms with E-state index in [1.165, 1.54) is 0 Å². The molecule has 5 nitrogen and oxygen atoms in total. The molecule has 0 aromatic heterocycles. The molecule has 5 heteroatoms. The van der Waals surface area contributed by atoms with Crippen LogP contribution in [0.5, 0.6) is 0 Å². The highest BCUT2D eigenvalue weighted by molar-refractivity contribution is 5.85. The fourth-order valence-electron chi connectivity index (χ4n) is 8.42. The van der Waals surface area contributed by atoms with Gasteiger partial charge >= 0.3 is 5.97 Å². The summed E-state index contributed by atoms with van der Waals surface area (Å²) in [6.07, 6.45) is 8.72. The van der Waals surface area contributed by atoms with Gasteiger partial charge < -0.3 is 20.7 Å². The zero-order valence-corrected chi connectivity index (χ0v) is 17.2. The zero-order valence-electron chi connectivity index (χ0n) is 17.2. The number of carbonyl (C=O) groups excluding carboxylic acids is 1. The Morgan fingerprint density at radius 2 is 1.89 bits per heavy atom. The Labute approximate surface area is 167 Å². The molecule has 156 valence electrons. The third kappa shape index (κ3) is 2.27. The molecule has 4 fully saturated rings. The van der Waals surface area contributed by atoms with E-state index in [1.54, 1.807) is 6.08 Å². The van der Waals surface area contributed by atoms with Gasteiger partial charge in [0.1, 0.15) is 6.61 Å². The number of hydrogen-bond donors (Lipinski definition) is 3. The largest absolute Gasteiger partial charge is 0.458 e. The summed E-state index contributed by atoms with van der Waals surface area (Å²) in [5, 5.41) is 23.6. The Morgan fingerprint density at radius 1 is 1.11 bits per heavy atom. The summed E-state index contributed by atoms with van der Waals surface area (Å²) < 4.78 is 5.17. The van der Waals surface area contributed by atoms with Crippen LogP contribution < -0.4 is 5.73 Å². The van der Waals surface area contributed by atoms with Gasteiger partial charge in [-0.2, -0.15) is 0 Å². The number of cyclic esters (lactones) is 1. The molecule has 0 bridgehead atoms. The monoisotopic (exact) mass is 389 g/mol. The van der Waals surface area contributed by atoms with Crippen LogP contribution in [-0.2, 0) is 9.53 Å². The number of esters is 1. The van der Waals surface area contributed by atoms with E-state index in [-0.39, 0.29) is 23.2 Å². The molecule has 0 saturated heterocycles. The van der Waals surface area contributed by atoms with Gasteiger partial charge in [0, 0.05) is 17.5 Å². The molecule has 0 amide bonds. The Hall–Kier alpha value is -0.910. The Kier molecular flexibility index (Phi) is 4.12. The summed E-state index contributed by atoms with van der Waals surface area (Å²) in [4.78, 5) is 11.7. The quantitative estimate of drug-likeness (QED) is 0.599. The van der Waals surface area contributed by atoms with Gasteiger partial charge in [-0.05, 0) is 86.0 Å². The van der Waals surface area contributed by atoms with Crippen molar-refractivity contribution in [2.75, 3.05) is 6.61 Å². The van der Waals surface area contributed by atoms with Crippen molar-refractivity contribution >= 4 is 5.97 Å². The van der Waals surface area contributed by atoms with Crippen LogP contribution in [0.1, 0.15) is 65.2 Å². The van der Waals surface area contributed by atoms with E-state index in [0.717, 1.165) is 50.5 Å². The van der Waals surface area contributed by atoms with E-state index < -0.39 is 17.1 Å². The van der Waals surface area contributed by atoms with E-state index in [2.05, 4.69) is 13.8 Å². The summed E-state index contributed by atoms with van der Waals surface area (Å²) in [6.45, 7) is 4.78. The lowest BCUT2D eigenvalue weighted by atomic mass is 9.42. The topological polar surface area (TPSA) is 92.8 Å². The van der Waals surface area contributed by atoms with Crippen LogP contribution in [-0.4, -0.2) is 40.5 Å². The Bertz CT molecular complexity index is 721. The highest BCUT2D eigenvalue weighted by Crippen LogP contribution is 2.69. The predicted molar refractivity (Wildman–Crippen MR) is 105 cm³/mol. The summed E-state index contributed by atoms with van der Waals surface area (Å²) in [6, 6.07) is 0.305. The van der Waals surface area contributed by atoms with Crippen molar-refractivity contribution in [3.05, 3.63) is 11.6 Å². The third-order valence-electron chi connectivity index (χ3n) is 10.1. The summed E-state index contributed by atoms with van der Waals surface area (Å²) in [5.41, 5.74) is 5.93. The number of rotatable bonds is 1. The maximum absolute atomic E-state index is 12.2. The molecule has 0 radical (unpaired) electrons. The van der Waals surface area contributed by atoms with Crippen LogP contribution in [0.25, 0.3) is 0 Å². The minimum Gasteiger partial charge on any atom is -0.458 e. The van der Waals surface area contributed by atoms with Gasteiger partial charge in [-0.15, -0.1) is 0 Å². The van der Waals surface area contributed by atoms with Crippen LogP contribution in [0.2, 0.25) is 0 Å². The van der Waals surface area contributed by atoms with E-state index in [0.29, 0.717) is 30.9 Å². The van der Waals surface area contributed by atoms with Crippen LogP contribution in [0.4, 0.5) is 0 Å². The number of aliphatic hydroxyl groups is 2. The number of fused-ring (bicyclic) bond motifs is 5. The van der Waals surface area contributed by atoms with Crippen LogP contribution in [0.3, 0.4) is 0 Å². The number of hydrogen-bond acceptors (Lipinski definition) is 5. The molecule has 0 spiro atoms. The highest BCUT2D eigenvalue weighted by Gasteiger charge is 2.70. The second-order valence-electron chi connectivity index (χ2n) is 10.9. The second kappa shape index (κ2) is 6.05. The molecule has 4 aliphatic carbocycles. The third-order valence-corrected chi connectivity index (χ3v) is 10.1. The fraction of sp³-hybridized carbons (Fsp3) is 0.870. The van der Waals surface area contributed by atoms with E-state index in [9.17, 15) is 15.0 Å². The Morgan fingerprint density at radius 3 is 2.61 bits per heavy atom. The molecular weight excluding hydrogens is 354 g/mol. The van der Waals surface area contributed by atoms with Crippen molar-refractivity contribution in [1.29, 1.82) is 0 Å². The standard InChI is InChI=1S/C23H35NO4/c1-21-7-5-15(24)10-14(21)3-4-17-18(21)11-19(25)22(2)16(6-8-23(17,22)27)13-9-20(26)28-12-13/h9,14-19,25,27H,3-8,10-12,24H2,1-2H3/t14-,15?,16-,17?,18?,19-,21+,22+,23+/m1/s1. The van der Waals surface area contributed by atoms with Crippen molar-refractivity contribution in [2.45, 2.75) is 83.0 Å². The van der Waals surface area contributed by atoms with Crippen molar-refractivity contribution in [2.24, 2.45) is 40.2 Å². The smallest absolute Gasteiger partial charge is 0.331 e. The van der Waals surface area contributed by atoms with Gasteiger partial charge in [0.05, 0.1) is 11.7 Å². The number of carbonyl (C=O) groups is 1. The summed E-state index contributed by atoms with van der Waals surface area (Å²) in [5.74, 6) is 0.911. The van der Waals surface area contributed by atoms with E-state index in [1.807, 2.05) is 0 Å². The lowest BCUT2D eigenvalue weighted by Gasteiger charge is -2.65. The minimum absolute atomic E-state index is 0.0187. The lowest BCUT2D eigenvalue weighted by molar-refractivity contribution is -0.242. The number of ether oxygens (including phenoxy) is 1. The molecule has 0 aromatic carbocycles. The van der Waals surface area contributed by atoms with E-state index >= 15 is 0 Å². The van der Waals surface area contributed by atoms with Crippen molar-refractivity contribution in [1.82, 2.24) is 0 Å². The molecule has 1 aliphatic heterocycles. The maximum Gasteiger partial charge on any atom is 0.331 e. The van der Waals surface area contributed by atoms with Crippen molar-refractivity contribution in [3.63, 3.8) is 0 Å². The van der Waals surface area contributed by atoms with Crippen LogP contribution in [0.15, 0.2) is 11.6 Å². The first-order valence-electron chi connectivity index (χ1n) is 11.2. The van der Waals surface area contributed by atoms with Crippen LogP contribution in [0, 0.1) is 34.5 Å². The number of aliphatic hydroxyl groups excluding tert-OH is 1. The van der Waals surface area contributed by atoms with Crippen molar-refractivity contribution < 1.29 is 19.7 Å². The first kappa shape index (κ1) is 19.1. The molecule has 4 saturated carbocycles. The van der Waals surface area contributed by atoms with Crippen molar-refractivity contribution in [3.8, 4) is 0 Å². The molecule has 3 unspecified atom stereocenters. The molecule has 5 rings (SSSR count). The fourth-order valence-corrected chi connectivity index (χ4v) is 8.42. The molecule has 5 aliphatic rings. The van der Waals surface area contributed by atoms with Gasteiger partial charge in [0.15, 0.2) is 0 Å². The average Bonchev–Trinajstić information content (AvgIpc) is 3.19. The Balaban J connectivity index is 1.51. The number of nitrogens with two attached hydrogens (primary N) is 1. The SMILES string of the molecule is C[C@]12[C@H](O)CC3C(CC[C@@H]4CC(N)CC[C@]34C)[C@@]1(O)CC[C@@H]2C1=CC(=O)OC1. The molecule has 9 atom stereocenters. The average molecular weight is 390 g/mol. The molecule has 4 N–H and O–H groups in total. The normalized spacial score (nSPS) is 55.8. The van der Waals surface area contributed by atoms with Gasteiger partial charge in [-0.3, -0.25) is 0 Å². The lowest BCUT2D eigenvalue weighted by Crippen LogP contribution is -2.67. The zero-order chi connectivity index (χ0) is 19.9. The molecule has 28 heavy (non-hydrogen) atoms. The van der Waals surface area contributed by atoms with Gasteiger partial charge in [-0.1, -0.05) is 13.8 Å². The highest BCUT2D eigenvalue weighted by atomic mass is 16.5. The molecule has 0 aromatic rings.